The molecule has 3 aromatic rings. The van der Waals surface area contributed by atoms with E-state index in [1.807, 2.05) is 13.0 Å². The highest BCUT2D eigenvalue weighted by Crippen LogP contribution is 2.39. The van der Waals surface area contributed by atoms with Gasteiger partial charge >= 0.3 is 0 Å². The lowest BCUT2D eigenvalue weighted by molar-refractivity contribution is 0.0912. The van der Waals surface area contributed by atoms with E-state index in [1.54, 1.807) is 24.3 Å². The minimum Gasteiger partial charge on any atom is -0.358 e. The van der Waals surface area contributed by atoms with Gasteiger partial charge in [-0.05, 0) is 55.0 Å². The molecule has 0 saturated heterocycles. The molecular formula is C24H26N2O4S. The molecule has 1 heterocycles. The molecule has 2 aromatic carbocycles. The van der Waals surface area contributed by atoms with E-state index in [0.717, 1.165) is 17.5 Å². The first kappa shape index (κ1) is 21.3. The average Bonchev–Trinajstić information content (AvgIpc) is 3.02. The average molecular weight is 439 g/mol. The van der Waals surface area contributed by atoms with E-state index in [0.29, 0.717) is 40.7 Å². The number of H-pyrrole nitrogens is 1. The van der Waals surface area contributed by atoms with Gasteiger partial charge < -0.3 is 4.98 Å². The first-order chi connectivity index (χ1) is 14.5. The lowest BCUT2D eigenvalue weighted by Crippen LogP contribution is -2.26. The summed E-state index contributed by atoms with van der Waals surface area (Å²) in [5.74, 6) is -0.0457. The monoisotopic (exact) mass is 438 g/mol. The van der Waals surface area contributed by atoms with Crippen LogP contribution in [0.15, 0.2) is 41.3 Å². The van der Waals surface area contributed by atoms with Crippen molar-refractivity contribution in [1.82, 2.24) is 4.98 Å². The minimum atomic E-state index is -3.89. The molecule has 6 nitrogen and oxygen atoms in total. The predicted octanol–water partition coefficient (Wildman–Crippen LogP) is 4.89. The fraction of sp³-hybridized carbons (Fsp3) is 0.333. The molecule has 4 rings (SSSR count). The molecule has 2 N–H and O–H groups in total. The maximum Gasteiger partial charge on any atom is 0.262 e. The number of carbonyl (C=O) groups excluding carboxylic acids is 2. The van der Waals surface area contributed by atoms with Crippen LogP contribution >= 0.6 is 0 Å². The van der Waals surface area contributed by atoms with Gasteiger partial charge in [0.1, 0.15) is 0 Å². The zero-order valence-corrected chi connectivity index (χ0v) is 18.9. The van der Waals surface area contributed by atoms with Crippen molar-refractivity contribution in [2.45, 2.75) is 51.9 Å². The van der Waals surface area contributed by atoms with E-state index in [-0.39, 0.29) is 21.9 Å². The molecule has 0 amide bonds. The molecule has 162 valence electrons. The summed E-state index contributed by atoms with van der Waals surface area (Å²) in [4.78, 5) is 27.9. The van der Waals surface area contributed by atoms with Gasteiger partial charge in [-0.15, -0.1) is 0 Å². The number of carbonyl (C=O) groups is 2. The van der Waals surface area contributed by atoms with Crippen molar-refractivity contribution in [2.75, 3.05) is 4.72 Å². The van der Waals surface area contributed by atoms with Crippen molar-refractivity contribution in [1.29, 1.82) is 0 Å². The third-order valence-corrected chi connectivity index (χ3v) is 7.29. The number of anilines is 1. The summed E-state index contributed by atoms with van der Waals surface area (Å²) in [6, 6.07) is 9.86. The van der Waals surface area contributed by atoms with Crippen LogP contribution in [-0.4, -0.2) is 25.0 Å². The Morgan fingerprint density at radius 3 is 2.58 bits per heavy atom. The highest BCUT2D eigenvalue weighted by atomic mass is 32.2. The Balaban J connectivity index is 1.81. The topological polar surface area (TPSA) is 96.1 Å². The first-order valence-corrected chi connectivity index (χ1v) is 11.8. The maximum absolute atomic E-state index is 13.2. The summed E-state index contributed by atoms with van der Waals surface area (Å²) in [5, 5.41) is 0.782. The molecule has 1 aliphatic carbocycles. The highest BCUT2D eigenvalue weighted by molar-refractivity contribution is 7.92. The second-order valence-electron chi connectivity index (χ2n) is 9.02. The van der Waals surface area contributed by atoms with Crippen molar-refractivity contribution < 1.29 is 18.0 Å². The molecule has 0 aliphatic heterocycles. The van der Waals surface area contributed by atoms with Crippen LogP contribution in [0.2, 0.25) is 0 Å². The van der Waals surface area contributed by atoms with E-state index in [2.05, 4.69) is 23.6 Å². The minimum absolute atomic E-state index is 0.0920. The molecule has 31 heavy (non-hydrogen) atoms. The van der Waals surface area contributed by atoms with Crippen LogP contribution in [0, 0.1) is 5.41 Å². The number of hydrogen-bond donors (Lipinski definition) is 2. The lowest BCUT2D eigenvalue weighted by atomic mass is 9.76. The Morgan fingerprint density at radius 2 is 1.90 bits per heavy atom. The van der Waals surface area contributed by atoms with Crippen LogP contribution < -0.4 is 4.72 Å². The second kappa shape index (κ2) is 7.34. The summed E-state index contributed by atoms with van der Waals surface area (Å²) >= 11 is 0. The van der Waals surface area contributed by atoms with Crippen molar-refractivity contribution in [3.63, 3.8) is 0 Å². The molecular weight excluding hydrogens is 412 g/mol. The van der Waals surface area contributed by atoms with Gasteiger partial charge in [0, 0.05) is 39.8 Å². The zero-order valence-electron chi connectivity index (χ0n) is 18.1. The van der Waals surface area contributed by atoms with Crippen molar-refractivity contribution in [3.05, 3.63) is 58.8 Å². The molecule has 7 heteroatoms. The molecule has 0 unspecified atom stereocenters. The van der Waals surface area contributed by atoms with Crippen molar-refractivity contribution in [3.8, 4) is 0 Å². The quantitative estimate of drug-likeness (QED) is 0.555. The summed E-state index contributed by atoms with van der Waals surface area (Å²) in [6.07, 6.45) is 1.71. The summed E-state index contributed by atoms with van der Waals surface area (Å²) in [7, 11) is -3.89. The molecule has 1 aliphatic rings. The SMILES string of the molecule is CCc1cc2c3c([nH]c2cc1S(=O)(=O)Nc1cccc(C(C)=O)c1)CC(C)(C)CC3=O. The van der Waals surface area contributed by atoms with Gasteiger partial charge in [-0.3, -0.25) is 14.3 Å². The van der Waals surface area contributed by atoms with E-state index in [4.69, 9.17) is 0 Å². The lowest BCUT2D eigenvalue weighted by Gasteiger charge is -2.28. The van der Waals surface area contributed by atoms with Crippen LogP contribution in [0.3, 0.4) is 0 Å². The zero-order chi connectivity index (χ0) is 22.6. The number of benzene rings is 2. The Morgan fingerprint density at radius 1 is 1.16 bits per heavy atom. The van der Waals surface area contributed by atoms with Crippen LogP contribution in [0.4, 0.5) is 5.69 Å². The number of ketones is 2. The molecule has 0 atom stereocenters. The Kier molecular flexibility index (Phi) is 5.04. The fourth-order valence-electron chi connectivity index (χ4n) is 4.38. The molecule has 0 fully saturated rings. The van der Waals surface area contributed by atoms with Gasteiger partial charge in [0.15, 0.2) is 11.6 Å². The molecule has 0 spiro atoms. The Bertz CT molecular complexity index is 1330. The van der Waals surface area contributed by atoms with Gasteiger partial charge in [-0.1, -0.05) is 32.9 Å². The third kappa shape index (κ3) is 3.90. The van der Waals surface area contributed by atoms with Gasteiger partial charge in [-0.2, -0.15) is 0 Å². The standard InChI is InChI=1S/C24H26N2O4S/c1-5-15-10-18-19(25-20-12-24(3,4)13-21(28)23(18)20)11-22(15)31(29,30)26-17-8-6-7-16(9-17)14(2)27/h6-11,25-26H,5,12-13H2,1-4H3. The molecule has 0 radical (unpaired) electrons. The van der Waals surface area contributed by atoms with Crippen molar-refractivity contribution in [2.24, 2.45) is 5.41 Å². The second-order valence-corrected chi connectivity index (χ2v) is 10.7. The van der Waals surface area contributed by atoms with Crippen LogP contribution in [-0.2, 0) is 22.9 Å². The molecule has 0 bridgehead atoms. The van der Waals surface area contributed by atoms with Crippen LogP contribution in [0.5, 0.6) is 0 Å². The van der Waals surface area contributed by atoms with E-state index < -0.39 is 10.0 Å². The third-order valence-electron chi connectivity index (χ3n) is 5.82. The Labute approximate surface area is 182 Å². The normalized spacial score (nSPS) is 15.7. The largest absolute Gasteiger partial charge is 0.358 e. The van der Waals surface area contributed by atoms with E-state index in [9.17, 15) is 18.0 Å². The molecule has 1 aromatic heterocycles. The van der Waals surface area contributed by atoms with Crippen LogP contribution in [0.25, 0.3) is 10.9 Å². The number of sulfonamides is 1. The van der Waals surface area contributed by atoms with Crippen LogP contribution in [0.1, 0.15) is 66.1 Å². The van der Waals surface area contributed by atoms with Crippen molar-refractivity contribution >= 4 is 38.2 Å². The highest BCUT2D eigenvalue weighted by Gasteiger charge is 2.34. The smallest absolute Gasteiger partial charge is 0.262 e. The predicted molar refractivity (Wildman–Crippen MR) is 121 cm³/mol. The number of fused-ring (bicyclic) bond motifs is 3. The number of Topliss-reactive ketones (excluding diaryl/α,β-unsaturated/α-hetero) is 2. The van der Waals surface area contributed by atoms with E-state index in [1.165, 1.54) is 13.0 Å². The van der Waals surface area contributed by atoms with Gasteiger partial charge in [-0.25, -0.2) is 8.42 Å². The summed E-state index contributed by atoms with van der Waals surface area (Å²) < 4.78 is 29.1. The number of aromatic nitrogens is 1. The fourth-order valence-corrected chi connectivity index (χ4v) is 5.74. The number of aryl methyl sites for hydroxylation is 1. The molecule has 0 saturated carbocycles. The Hall–Kier alpha value is -2.93. The van der Waals surface area contributed by atoms with E-state index >= 15 is 0 Å². The van der Waals surface area contributed by atoms with Gasteiger partial charge in [0.2, 0.25) is 0 Å². The van der Waals surface area contributed by atoms with Gasteiger partial charge in [0.05, 0.1) is 4.90 Å². The maximum atomic E-state index is 13.2. The van der Waals surface area contributed by atoms with Gasteiger partial charge in [0.25, 0.3) is 10.0 Å². The number of hydrogen-bond acceptors (Lipinski definition) is 4. The number of nitrogens with one attached hydrogen (secondary N) is 2. The number of rotatable bonds is 5. The summed E-state index contributed by atoms with van der Waals surface area (Å²) in [6.45, 7) is 7.45. The first-order valence-electron chi connectivity index (χ1n) is 10.4. The number of aromatic amines is 1. The summed E-state index contributed by atoms with van der Waals surface area (Å²) in [5.41, 5.74) is 3.48.